The van der Waals surface area contributed by atoms with Crippen molar-refractivity contribution in [3.63, 3.8) is 0 Å². The van der Waals surface area contributed by atoms with Crippen LogP contribution >= 0.6 is 0 Å². The largest absolute Gasteiger partial charge is 0.496 e. The Hall–Kier alpha value is -1.91. The molecule has 2 aromatic rings. The smallest absolute Gasteiger partial charge is 0.266 e. The summed E-state index contributed by atoms with van der Waals surface area (Å²) in [5.74, 6) is -1.88. The lowest BCUT2D eigenvalue weighted by molar-refractivity contribution is 0.0257. The molecule has 0 atom stereocenters. The lowest BCUT2D eigenvalue weighted by Crippen LogP contribution is -2.24. The summed E-state index contributed by atoms with van der Waals surface area (Å²) in [4.78, 5) is 5.94. The van der Waals surface area contributed by atoms with Crippen LogP contribution in [-0.2, 0) is 0 Å². The van der Waals surface area contributed by atoms with Gasteiger partial charge in [0.25, 0.3) is 5.92 Å². The fourth-order valence-corrected chi connectivity index (χ4v) is 2.44. The molecule has 1 saturated heterocycles. The molecule has 0 saturated carbocycles. The third-order valence-corrected chi connectivity index (χ3v) is 3.44. The average molecular weight is 294 g/mol. The van der Waals surface area contributed by atoms with Gasteiger partial charge >= 0.3 is 0 Å². The maximum atomic E-state index is 13.3. The van der Waals surface area contributed by atoms with E-state index < -0.39 is 5.92 Å². The summed E-state index contributed by atoms with van der Waals surface area (Å²) in [6.45, 7) is 4.15. The van der Waals surface area contributed by atoms with E-state index in [1.165, 1.54) is 0 Å². The van der Waals surface area contributed by atoms with Gasteiger partial charge in [0.15, 0.2) is 0 Å². The highest BCUT2D eigenvalue weighted by molar-refractivity contribution is 5.88. The lowest BCUT2D eigenvalue weighted by atomic mass is 10.1. The van der Waals surface area contributed by atoms with E-state index in [1.807, 2.05) is 32.0 Å². The monoisotopic (exact) mass is 294 g/mol. The second-order valence-electron chi connectivity index (χ2n) is 4.74. The third kappa shape index (κ3) is 3.23. The molecule has 21 heavy (non-hydrogen) atoms. The van der Waals surface area contributed by atoms with Gasteiger partial charge in [-0.05, 0) is 24.3 Å². The molecule has 3 nitrogen and oxygen atoms in total. The highest BCUT2D eigenvalue weighted by atomic mass is 19.3. The van der Waals surface area contributed by atoms with Crippen molar-refractivity contribution in [2.24, 2.45) is 0 Å². The van der Waals surface area contributed by atoms with Crippen molar-refractivity contribution < 1.29 is 13.5 Å². The van der Waals surface area contributed by atoms with Gasteiger partial charge in [-0.1, -0.05) is 13.8 Å². The van der Waals surface area contributed by atoms with Crippen molar-refractivity contribution in [3.05, 3.63) is 30.5 Å². The Morgan fingerprint density at radius 3 is 2.62 bits per heavy atom. The minimum Gasteiger partial charge on any atom is -0.496 e. The Bertz CT molecular complexity index is 616. The van der Waals surface area contributed by atoms with Crippen LogP contribution < -0.4 is 9.64 Å². The van der Waals surface area contributed by atoms with Crippen LogP contribution in [0.4, 0.5) is 14.5 Å². The van der Waals surface area contributed by atoms with E-state index in [2.05, 4.69) is 4.98 Å². The molecule has 1 aromatic carbocycles. The summed E-state index contributed by atoms with van der Waals surface area (Å²) in [5, 5.41) is 0.845. The number of benzene rings is 1. The lowest BCUT2D eigenvalue weighted by Gasteiger charge is -2.19. The summed E-state index contributed by atoms with van der Waals surface area (Å²) in [7, 11) is 1.59. The number of pyridine rings is 1. The molecule has 0 radical (unpaired) electrons. The topological polar surface area (TPSA) is 25.4 Å². The number of hydrogen-bond acceptors (Lipinski definition) is 3. The molecule has 0 bridgehead atoms. The maximum absolute atomic E-state index is 13.3. The predicted molar refractivity (Wildman–Crippen MR) is 81.4 cm³/mol. The van der Waals surface area contributed by atoms with E-state index in [0.29, 0.717) is 12.3 Å². The van der Waals surface area contributed by atoms with Gasteiger partial charge in [0, 0.05) is 30.2 Å². The Kier molecular flexibility index (Phi) is 4.60. The van der Waals surface area contributed by atoms with Crippen molar-refractivity contribution >= 4 is 16.6 Å². The van der Waals surface area contributed by atoms with Crippen molar-refractivity contribution in [2.75, 3.05) is 25.1 Å². The van der Waals surface area contributed by atoms with Gasteiger partial charge in [0.05, 0.1) is 19.2 Å². The van der Waals surface area contributed by atoms with Gasteiger partial charge in [-0.2, -0.15) is 0 Å². The number of rotatable bonds is 2. The predicted octanol–water partition coefficient (Wildman–Crippen LogP) is 4.12. The molecule has 0 spiro atoms. The summed E-state index contributed by atoms with van der Waals surface area (Å²) < 4.78 is 31.8. The maximum Gasteiger partial charge on any atom is 0.266 e. The van der Waals surface area contributed by atoms with Crippen LogP contribution in [0.25, 0.3) is 10.9 Å². The molecule has 1 fully saturated rings. The van der Waals surface area contributed by atoms with E-state index in [4.69, 9.17) is 4.74 Å². The van der Waals surface area contributed by atoms with Crippen molar-refractivity contribution in [1.82, 2.24) is 4.98 Å². The number of hydrogen-bond donors (Lipinski definition) is 0. The summed E-state index contributed by atoms with van der Waals surface area (Å²) >= 11 is 0. The van der Waals surface area contributed by atoms with Gasteiger partial charge in [-0.3, -0.25) is 4.98 Å². The molecule has 1 aromatic heterocycles. The number of nitrogens with zero attached hydrogens (tertiary/aromatic N) is 2. The van der Waals surface area contributed by atoms with Crippen LogP contribution in [0, 0.1) is 0 Å². The Morgan fingerprint density at radius 1 is 1.24 bits per heavy atom. The number of aromatic nitrogens is 1. The quantitative estimate of drug-likeness (QED) is 0.833. The molecule has 5 heteroatoms. The van der Waals surface area contributed by atoms with Gasteiger partial charge in [-0.25, -0.2) is 8.78 Å². The molecular weight excluding hydrogens is 274 g/mol. The minimum absolute atomic E-state index is 0.0881. The first-order chi connectivity index (χ1) is 10.1. The molecule has 1 aliphatic heterocycles. The van der Waals surface area contributed by atoms with Crippen LogP contribution in [0.3, 0.4) is 0 Å². The Balaban J connectivity index is 0.000000774. The second kappa shape index (κ2) is 6.24. The van der Waals surface area contributed by atoms with Gasteiger partial charge in [0.2, 0.25) is 0 Å². The van der Waals surface area contributed by atoms with E-state index in [-0.39, 0.29) is 13.0 Å². The third-order valence-electron chi connectivity index (χ3n) is 3.44. The van der Waals surface area contributed by atoms with Gasteiger partial charge in [-0.15, -0.1) is 0 Å². The first-order valence-electron chi connectivity index (χ1n) is 7.15. The molecule has 0 unspecified atom stereocenters. The first kappa shape index (κ1) is 15.5. The van der Waals surface area contributed by atoms with Crippen LogP contribution in [0.1, 0.15) is 20.3 Å². The molecule has 0 amide bonds. The van der Waals surface area contributed by atoms with Gasteiger partial charge in [0.1, 0.15) is 5.75 Å². The van der Waals surface area contributed by atoms with Gasteiger partial charge < -0.3 is 9.64 Å². The molecule has 0 N–H and O–H groups in total. The number of fused-ring (bicyclic) bond motifs is 1. The number of halogens is 2. The van der Waals surface area contributed by atoms with E-state index in [9.17, 15) is 8.78 Å². The molecule has 1 aliphatic rings. The summed E-state index contributed by atoms with van der Waals surface area (Å²) in [5.41, 5.74) is 1.59. The van der Waals surface area contributed by atoms with Crippen LogP contribution in [0.2, 0.25) is 0 Å². The summed E-state index contributed by atoms with van der Waals surface area (Å²) in [6, 6.07) is 7.30. The molecule has 0 aliphatic carbocycles. The van der Waals surface area contributed by atoms with Crippen LogP contribution in [0.5, 0.6) is 5.75 Å². The standard InChI is InChI=1S/C14H14F2N2O.C2H6/c1-19-13-4-6-17-12-3-2-10(8-11(12)13)18-7-5-14(15,16)9-18;1-2/h2-4,6,8H,5,7,9H2,1H3;1-2H3. The van der Waals surface area contributed by atoms with E-state index in [1.54, 1.807) is 24.3 Å². The Morgan fingerprint density at radius 2 is 2.00 bits per heavy atom. The van der Waals surface area contributed by atoms with E-state index in [0.717, 1.165) is 16.6 Å². The Labute approximate surface area is 123 Å². The zero-order valence-electron chi connectivity index (χ0n) is 12.6. The number of methoxy groups -OCH3 is 1. The molecule has 3 rings (SSSR count). The van der Waals surface area contributed by atoms with Crippen molar-refractivity contribution in [3.8, 4) is 5.75 Å². The average Bonchev–Trinajstić information content (AvgIpc) is 2.88. The SMILES string of the molecule is CC.COc1ccnc2ccc(N3CCC(F)(F)C3)cc12. The van der Waals surface area contributed by atoms with Crippen LogP contribution in [-0.4, -0.2) is 31.1 Å². The molecule has 114 valence electrons. The highest BCUT2D eigenvalue weighted by Crippen LogP contribution is 2.33. The number of anilines is 1. The second-order valence-corrected chi connectivity index (χ2v) is 4.74. The van der Waals surface area contributed by atoms with E-state index >= 15 is 0 Å². The fourth-order valence-electron chi connectivity index (χ4n) is 2.44. The number of ether oxygens (including phenoxy) is 1. The van der Waals surface area contributed by atoms with Crippen LogP contribution in [0.15, 0.2) is 30.5 Å². The molecular formula is C16H20F2N2O. The zero-order chi connectivity index (χ0) is 15.5. The van der Waals surface area contributed by atoms with Crippen molar-refractivity contribution in [2.45, 2.75) is 26.2 Å². The number of alkyl halides is 2. The van der Waals surface area contributed by atoms with Crippen molar-refractivity contribution in [1.29, 1.82) is 0 Å². The molecule has 2 heterocycles. The fraction of sp³-hybridized carbons (Fsp3) is 0.438. The normalized spacial score (nSPS) is 16.5. The first-order valence-corrected chi connectivity index (χ1v) is 7.15. The zero-order valence-corrected chi connectivity index (χ0v) is 12.6. The summed E-state index contributed by atoms with van der Waals surface area (Å²) in [6.07, 6.45) is 1.58. The minimum atomic E-state index is -2.59. The highest BCUT2D eigenvalue weighted by Gasteiger charge is 2.38.